The third kappa shape index (κ3) is 4.48. The highest BCUT2D eigenvalue weighted by Gasteiger charge is 2.19. The van der Waals surface area contributed by atoms with Crippen LogP contribution < -0.4 is 5.32 Å². The molecule has 0 radical (unpaired) electrons. The predicted octanol–water partition coefficient (Wildman–Crippen LogP) is 5.71. The lowest BCUT2D eigenvalue weighted by atomic mass is 10.1. The van der Waals surface area contributed by atoms with Crippen molar-refractivity contribution in [3.63, 3.8) is 0 Å². The van der Waals surface area contributed by atoms with Gasteiger partial charge in [-0.3, -0.25) is 4.79 Å². The second-order valence-corrected chi connectivity index (χ2v) is 9.56. The van der Waals surface area contributed by atoms with Crippen LogP contribution in [0.25, 0.3) is 5.69 Å². The largest absolute Gasteiger partial charge is 0.325 e. The highest BCUT2D eigenvalue weighted by Crippen LogP contribution is 2.29. The number of aryl methyl sites for hydroxylation is 3. The summed E-state index contributed by atoms with van der Waals surface area (Å²) in [7, 11) is 0. The Hall–Kier alpha value is -1.96. The predicted molar refractivity (Wildman–Crippen MR) is 117 cm³/mol. The number of benzene rings is 2. The molecular formula is C20H21N3OS3. The number of anilines is 1. The second-order valence-electron chi connectivity index (χ2n) is 6.35. The molecule has 7 heteroatoms. The summed E-state index contributed by atoms with van der Waals surface area (Å²) in [6.45, 7) is 7.91. The summed E-state index contributed by atoms with van der Waals surface area (Å²) >= 11 is 8.33. The van der Waals surface area contributed by atoms with Gasteiger partial charge in [0.1, 0.15) is 0 Å². The first-order chi connectivity index (χ1) is 12.9. The summed E-state index contributed by atoms with van der Waals surface area (Å²) in [6, 6.07) is 14.0. The Bertz CT molecular complexity index is 1020. The molecule has 0 aliphatic heterocycles. The smallest absolute Gasteiger partial charge is 0.237 e. The van der Waals surface area contributed by atoms with Gasteiger partial charge in [0, 0.05) is 5.69 Å². The summed E-state index contributed by atoms with van der Waals surface area (Å²) in [6.07, 6.45) is 0. The Morgan fingerprint density at radius 2 is 1.74 bits per heavy atom. The third-order valence-corrected chi connectivity index (χ3v) is 6.67. The second kappa shape index (κ2) is 8.37. The molecule has 1 heterocycles. The molecule has 27 heavy (non-hydrogen) atoms. The fourth-order valence-corrected chi connectivity index (χ4v) is 5.19. The number of thioether (sulfide) groups is 1. The quantitative estimate of drug-likeness (QED) is 0.428. The van der Waals surface area contributed by atoms with E-state index in [9.17, 15) is 4.79 Å². The lowest BCUT2D eigenvalue weighted by Crippen LogP contribution is -2.23. The molecule has 0 aliphatic rings. The number of hydrogen-bond acceptors (Lipinski definition) is 5. The van der Waals surface area contributed by atoms with Crippen LogP contribution in [0, 0.1) is 24.7 Å². The van der Waals surface area contributed by atoms with Gasteiger partial charge in [0.2, 0.25) is 5.91 Å². The van der Waals surface area contributed by atoms with Gasteiger partial charge >= 0.3 is 0 Å². The fraction of sp³-hybridized carbons (Fsp3) is 0.250. The van der Waals surface area contributed by atoms with Gasteiger partial charge in [-0.25, -0.2) is 4.68 Å². The summed E-state index contributed by atoms with van der Waals surface area (Å²) in [4.78, 5) is 12.6. The molecule has 0 aliphatic carbocycles. The molecule has 140 valence electrons. The molecule has 3 rings (SSSR count). The monoisotopic (exact) mass is 415 g/mol. The van der Waals surface area contributed by atoms with Crippen molar-refractivity contribution in [1.29, 1.82) is 0 Å². The van der Waals surface area contributed by atoms with E-state index in [1.165, 1.54) is 23.1 Å². The molecular weight excluding hydrogens is 394 g/mol. The van der Waals surface area contributed by atoms with Crippen LogP contribution in [0.3, 0.4) is 0 Å². The maximum Gasteiger partial charge on any atom is 0.237 e. The Labute approximate surface area is 172 Å². The van der Waals surface area contributed by atoms with Gasteiger partial charge in [-0.15, -0.1) is 5.10 Å². The Balaban J connectivity index is 1.76. The van der Waals surface area contributed by atoms with Crippen LogP contribution in [0.1, 0.15) is 23.6 Å². The molecule has 0 fully saturated rings. The number of carbonyl (C=O) groups excluding carboxylic acids is 1. The first kappa shape index (κ1) is 19.8. The van der Waals surface area contributed by atoms with Crippen molar-refractivity contribution >= 4 is 46.9 Å². The Morgan fingerprint density at radius 1 is 1.11 bits per heavy atom. The van der Waals surface area contributed by atoms with Crippen molar-refractivity contribution in [2.75, 3.05) is 5.32 Å². The van der Waals surface area contributed by atoms with Crippen LogP contribution in [-0.4, -0.2) is 20.9 Å². The van der Waals surface area contributed by atoms with E-state index < -0.39 is 0 Å². The van der Waals surface area contributed by atoms with Crippen LogP contribution >= 0.6 is 35.3 Å². The Morgan fingerprint density at radius 3 is 2.41 bits per heavy atom. The molecule has 2 aromatic carbocycles. The summed E-state index contributed by atoms with van der Waals surface area (Å²) in [5.41, 5.74) is 5.07. The number of nitrogens with one attached hydrogen (secondary N) is 1. The van der Waals surface area contributed by atoms with Crippen molar-refractivity contribution in [2.24, 2.45) is 0 Å². The van der Waals surface area contributed by atoms with Gasteiger partial charge in [0.15, 0.2) is 8.29 Å². The molecule has 1 aromatic heterocycles. The van der Waals surface area contributed by atoms with E-state index in [-0.39, 0.29) is 11.2 Å². The standard InChI is InChI=1S/C20H21N3OS3/c1-12-8-5-6-11-16(12)23-20(25)27-19(22-23)26-15(4)18(24)21-17-13(2)9-7-10-14(17)3/h5-11,15H,1-4H3,(H,21,24)/t15-/m1/s1. The first-order valence-electron chi connectivity index (χ1n) is 8.56. The molecule has 1 N–H and O–H groups in total. The average Bonchev–Trinajstić information content (AvgIpc) is 2.98. The molecule has 0 bridgehead atoms. The van der Waals surface area contributed by atoms with E-state index in [0.29, 0.717) is 3.95 Å². The van der Waals surface area contributed by atoms with Crippen LogP contribution in [-0.2, 0) is 4.79 Å². The molecule has 0 unspecified atom stereocenters. The zero-order valence-corrected chi connectivity index (χ0v) is 18.1. The number of aromatic nitrogens is 2. The van der Waals surface area contributed by atoms with Gasteiger partial charge in [-0.05, 0) is 62.7 Å². The summed E-state index contributed by atoms with van der Waals surface area (Å²) in [5, 5.41) is 7.38. The SMILES string of the molecule is Cc1ccccc1-n1nc(S[C@H](C)C(=O)Nc2c(C)cccc2C)sc1=S. The van der Waals surface area contributed by atoms with E-state index in [0.717, 1.165) is 32.4 Å². The number of para-hydroxylation sites is 2. The van der Waals surface area contributed by atoms with Crippen molar-refractivity contribution in [2.45, 2.75) is 37.3 Å². The van der Waals surface area contributed by atoms with Crippen LogP contribution in [0.15, 0.2) is 46.8 Å². The van der Waals surface area contributed by atoms with Crippen LogP contribution in [0.2, 0.25) is 0 Å². The minimum Gasteiger partial charge on any atom is -0.325 e. The molecule has 0 saturated heterocycles. The minimum atomic E-state index is -0.283. The Kier molecular flexibility index (Phi) is 6.14. The van der Waals surface area contributed by atoms with Gasteiger partial charge in [0.25, 0.3) is 0 Å². The van der Waals surface area contributed by atoms with Crippen molar-refractivity contribution in [3.05, 3.63) is 63.1 Å². The number of rotatable bonds is 5. The summed E-state index contributed by atoms with van der Waals surface area (Å²) in [5.74, 6) is -0.0408. The lowest BCUT2D eigenvalue weighted by molar-refractivity contribution is -0.115. The van der Waals surface area contributed by atoms with Gasteiger partial charge < -0.3 is 5.32 Å². The van der Waals surface area contributed by atoms with Crippen molar-refractivity contribution < 1.29 is 4.79 Å². The van der Waals surface area contributed by atoms with E-state index in [4.69, 9.17) is 12.2 Å². The van der Waals surface area contributed by atoms with E-state index in [2.05, 4.69) is 10.4 Å². The fourth-order valence-electron chi connectivity index (χ4n) is 2.70. The van der Waals surface area contributed by atoms with Crippen LogP contribution in [0.4, 0.5) is 5.69 Å². The summed E-state index contributed by atoms with van der Waals surface area (Å²) < 4.78 is 3.23. The van der Waals surface area contributed by atoms with E-state index >= 15 is 0 Å². The third-order valence-electron chi connectivity index (χ3n) is 4.25. The topological polar surface area (TPSA) is 46.9 Å². The number of hydrogen-bond donors (Lipinski definition) is 1. The normalized spacial score (nSPS) is 12.0. The van der Waals surface area contributed by atoms with Crippen LogP contribution in [0.5, 0.6) is 0 Å². The van der Waals surface area contributed by atoms with Gasteiger partial charge in [-0.1, -0.05) is 59.5 Å². The molecule has 1 atom stereocenters. The van der Waals surface area contributed by atoms with Gasteiger partial charge in [-0.2, -0.15) is 0 Å². The lowest BCUT2D eigenvalue weighted by Gasteiger charge is -2.14. The van der Waals surface area contributed by atoms with E-state index in [1.807, 2.05) is 70.2 Å². The maximum absolute atomic E-state index is 12.6. The number of amides is 1. The highest BCUT2D eigenvalue weighted by atomic mass is 32.2. The molecule has 0 spiro atoms. The van der Waals surface area contributed by atoms with Gasteiger partial charge in [0.05, 0.1) is 10.9 Å². The zero-order valence-electron chi connectivity index (χ0n) is 15.6. The van der Waals surface area contributed by atoms with Crippen molar-refractivity contribution in [3.8, 4) is 5.69 Å². The molecule has 4 nitrogen and oxygen atoms in total. The molecule has 3 aromatic rings. The van der Waals surface area contributed by atoms with Crippen molar-refractivity contribution in [1.82, 2.24) is 9.78 Å². The van der Waals surface area contributed by atoms with E-state index in [1.54, 1.807) is 4.68 Å². The molecule has 1 amide bonds. The zero-order chi connectivity index (χ0) is 19.6. The first-order valence-corrected chi connectivity index (χ1v) is 10.7. The average molecular weight is 416 g/mol. The maximum atomic E-state index is 12.6. The highest BCUT2D eigenvalue weighted by molar-refractivity contribution is 8.02. The number of nitrogens with zero attached hydrogens (tertiary/aromatic N) is 2. The molecule has 0 saturated carbocycles. The number of carbonyl (C=O) groups is 1. The minimum absolute atomic E-state index is 0.0408.